The van der Waals surface area contributed by atoms with E-state index in [4.69, 9.17) is 9.84 Å². The number of hydrogen-bond donors (Lipinski definition) is 2. The number of carboxylic acids is 1. The molecule has 0 aliphatic carbocycles. The number of amides is 1. The molecule has 2 N–H and O–H groups in total. The van der Waals surface area contributed by atoms with Crippen LogP contribution in [0.1, 0.15) is 16.8 Å². The van der Waals surface area contributed by atoms with Crippen molar-refractivity contribution in [2.24, 2.45) is 0 Å². The zero-order valence-electron chi connectivity index (χ0n) is 10.9. The van der Waals surface area contributed by atoms with Gasteiger partial charge in [0.1, 0.15) is 6.04 Å². The van der Waals surface area contributed by atoms with E-state index in [1.165, 1.54) is 18.9 Å². The van der Waals surface area contributed by atoms with Gasteiger partial charge in [-0.1, -0.05) is 12.1 Å². The molecule has 1 aromatic carbocycles. The van der Waals surface area contributed by atoms with E-state index >= 15 is 0 Å². The Morgan fingerprint density at radius 3 is 2.68 bits per heavy atom. The van der Waals surface area contributed by atoms with Gasteiger partial charge in [-0.2, -0.15) is 0 Å². The van der Waals surface area contributed by atoms with Crippen molar-refractivity contribution >= 4 is 23.6 Å². The molecule has 0 bridgehead atoms. The average Bonchev–Trinajstić information content (AvgIpc) is 2.42. The third-order valence-corrected chi connectivity index (χ3v) is 3.36. The standard InChI is InChI=1S/C13H17NO4S/c1-18-8-7-10(13(16)17)14-12(15)9-5-3-4-6-11(9)19-2/h3-6,10H,7-8H2,1-2H3,(H,14,15)(H,16,17). The Morgan fingerprint density at radius 1 is 1.42 bits per heavy atom. The molecule has 6 heteroatoms. The molecular weight excluding hydrogens is 266 g/mol. The molecule has 0 saturated carbocycles. The molecule has 1 atom stereocenters. The molecule has 1 amide bonds. The highest BCUT2D eigenvalue weighted by molar-refractivity contribution is 7.98. The van der Waals surface area contributed by atoms with Crippen LogP contribution in [-0.4, -0.2) is 43.0 Å². The van der Waals surface area contributed by atoms with Gasteiger partial charge in [-0.25, -0.2) is 4.79 Å². The van der Waals surface area contributed by atoms with E-state index in [-0.39, 0.29) is 18.9 Å². The van der Waals surface area contributed by atoms with Gasteiger partial charge in [0, 0.05) is 25.0 Å². The van der Waals surface area contributed by atoms with Crippen LogP contribution in [0.2, 0.25) is 0 Å². The van der Waals surface area contributed by atoms with Crippen molar-refractivity contribution in [2.45, 2.75) is 17.4 Å². The number of hydrogen-bond acceptors (Lipinski definition) is 4. The van der Waals surface area contributed by atoms with Crippen molar-refractivity contribution in [2.75, 3.05) is 20.0 Å². The number of ether oxygens (including phenoxy) is 1. The van der Waals surface area contributed by atoms with Crippen LogP contribution in [0.3, 0.4) is 0 Å². The SMILES string of the molecule is COCCC(NC(=O)c1ccccc1SC)C(=O)O. The second kappa shape index (κ2) is 7.81. The lowest BCUT2D eigenvalue weighted by atomic mass is 10.1. The third kappa shape index (κ3) is 4.57. The first kappa shape index (κ1) is 15.5. The number of aliphatic carboxylic acids is 1. The summed E-state index contributed by atoms with van der Waals surface area (Å²) in [6.07, 6.45) is 2.10. The summed E-state index contributed by atoms with van der Waals surface area (Å²) in [5.74, 6) is -1.44. The Kier molecular flexibility index (Phi) is 6.38. The molecule has 0 aliphatic heterocycles. The van der Waals surface area contributed by atoms with Gasteiger partial charge in [0.15, 0.2) is 0 Å². The highest BCUT2D eigenvalue weighted by Gasteiger charge is 2.21. The Bertz CT molecular complexity index is 450. The summed E-state index contributed by atoms with van der Waals surface area (Å²) in [5, 5.41) is 11.6. The Labute approximate surface area is 116 Å². The summed E-state index contributed by atoms with van der Waals surface area (Å²) in [6.45, 7) is 0.279. The molecule has 1 aromatic rings. The minimum absolute atomic E-state index is 0.235. The number of benzene rings is 1. The van der Waals surface area contributed by atoms with Gasteiger partial charge in [0.25, 0.3) is 5.91 Å². The van der Waals surface area contributed by atoms with Gasteiger partial charge in [0.05, 0.1) is 5.56 Å². The minimum atomic E-state index is -1.06. The van der Waals surface area contributed by atoms with E-state index in [1.807, 2.05) is 18.4 Å². The van der Waals surface area contributed by atoms with Crippen LogP contribution in [0.5, 0.6) is 0 Å². The molecule has 19 heavy (non-hydrogen) atoms. The van der Waals surface area contributed by atoms with Crippen molar-refractivity contribution in [1.29, 1.82) is 0 Å². The molecule has 0 aromatic heterocycles. The fourth-order valence-corrected chi connectivity index (χ4v) is 2.16. The van der Waals surface area contributed by atoms with Crippen LogP contribution in [-0.2, 0) is 9.53 Å². The number of carboxylic acid groups (broad SMARTS) is 1. The van der Waals surface area contributed by atoms with Crippen LogP contribution in [0.4, 0.5) is 0 Å². The number of methoxy groups -OCH3 is 1. The molecule has 104 valence electrons. The lowest BCUT2D eigenvalue weighted by molar-refractivity contribution is -0.139. The Hall–Kier alpha value is -1.53. The second-order valence-electron chi connectivity index (χ2n) is 3.85. The monoisotopic (exact) mass is 283 g/mol. The van der Waals surface area contributed by atoms with Crippen molar-refractivity contribution < 1.29 is 19.4 Å². The van der Waals surface area contributed by atoms with Crippen LogP contribution in [0.25, 0.3) is 0 Å². The lowest BCUT2D eigenvalue weighted by Crippen LogP contribution is -2.41. The zero-order valence-corrected chi connectivity index (χ0v) is 11.7. The smallest absolute Gasteiger partial charge is 0.326 e. The van der Waals surface area contributed by atoms with Crippen LogP contribution >= 0.6 is 11.8 Å². The Balaban J connectivity index is 2.78. The molecule has 0 heterocycles. The molecule has 5 nitrogen and oxygen atoms in total. The quantitative estimate of drug-likeness (QED) is 0.744. The van der Waals surface area contributed by atoms with E-state index in [9.17, 15) is 9.59 Å². The van der Waals surface area contributed by atoms with E-state index < -0.39 is 12.0 Å². The highest BCUT2D eigenvalue weighted by atomic mass is 32.2. The molecule has 1 rings (SSSR count). The van der Waals surface area contributed by atoms with Gasteiger partial charge in [0.2, 0.25) is 0 Å². The van der Waals surface area contributed by atoms with Crippen LogP contribution in [0, 0.1) is 0 Å². The minimum Gasteiger partial charge on any atom is -0.480 e. The normalized spacial score (nSPS) is 11.9. The summed E-state index contributed by atoms with van der Waals surface area (Å²) in [5.41, 5.74) is 0.485. The number of thioether (sulfide) groups is 1. The lowest BCUT2D eigenvalue weighted by Gasteiger charge is -2.15. The second-order valence-corrected chi connectivity index (χ2v) is 4.69. The number of rotatable bonds is 7. The van der Waals surface area contributed by atoms with E-state index in [2.05, 4.69) is 5.32 Å². The van der Waals surface area contributed by atoms with Crippen molar-refractivity contribution in [3.8, 4) is 0 Å². The maximum atomic E-state index is 12.1. The summed E-state index contributed by atoms with van der Waals surface area (Å²) in [4.78, 5) is 23.9. The molecule has 1 unspecified atom stereocenters. The summed E-state index contributed by atoms with van der Waals surface area (Å²) in [6, 6.07) is 6.14. The number of carbonyl (C=O) groups is 2. The zero-order chi connectivity index (χ0) is 14.3. The van der Waals surface area contributed by atoms with Gasteiger partial charge in [-0.3, -0.25) is 4.79 Å². The first-order valence-corrected chi connectivity index (χ1v) is 6.98. The molecule has 0 saturated heterocycles. The predicted molar refractivity (Wildman–Crippen MR) is 73.6 cm³/mol. The summed E-state index contributed by atoms with van der Waals surface area (Å²) in [7, 11) is 1.49. The topological polar surface area (TPSA) is 75.6 Å². The average molecular weight is 283 g/mol. The van der Waals surface area contributed by atoms with Gasteiger partial charge >= 0.3 is 5.97 Å². The molecule has 0 fully saturated rings. The van der Waals surface area contributed by atoms with Crippen LogP contribution in [0.15, 0.2) is 29.2 Å². The van der Waals surface area contributed by atoms with Crippen LogP contribution < -0.4 is 5.32 Å². The van der Waals surface area contributed by atoms with Crippen molar-refractivity contribution in [1.82, 2.24) is 5.32 Å². The van der Waals surface area contributed by atoms with E-state index in [0.29, 0.717) is 5.56 Å². The molecular formula is C13H17NO4S. The maximum Gasteiger partial charge on any atom is 0.326 e. The summed E-state index contributed by atoms with van der Waals surface area (Å²) < 4.78 is 4.84. The van der Waals surface area contributed by atoms with Gasteiger partial charge in [-0.05, 0) is 18.4 Å². The van der Waals surface area contributed by atoms with Gasteiger partial charge in [-0.15, -0.1) is 11.8 Å². The van der Waals surface area contributed by atoms with Gasteiger partial charge < -0.3 is 15.2 Å². The summed E-state index contributed by atoms with van der Waals surface area (Å²) >= 11 is 1.44. The highest BCUT2D eigenvalue weighted by Crippen LogP contribution is 2.19. The number of carbonyl (C=O) groups excluding carboxylic acids is 1. The molecule has 0 spiro atoms. The first-order chi connectivity index (χ1) is 9.10. The largest absolute Gasteiger partial charge is 0.480 e. The fraction of sp³-hybridized carbons (Fsp3) is 0.385. The fourth-order valence-electron chi connectivity index (χ4n) is 1.56. The third-order valence-electron chi connectivity index (χ3n) is 2.57. The Morgan fingerprint density at radius 2 is 2.11 bits per heavy atom. The van der Waals surface area contributed by atoms with E-state index in [1.54, 1.807) is 12.1 Å². The predicted octanol–water partition coefficient (Wildman–Crippen LogP) is 1.63. The molecule has 0 aliphatic rings. The van der Waals surface area contributed by atoms with E-state index in [0.717, 1.165) is 4.90 Å². The number of nitrogens with one attached hydrogen (secondary N) is 1. The van der Waals surface area contributed by atoms with Crippen molar-refractivity contribution in [3.05, 3.63) is 29.8 Å². The van der Waals surface area contributed by atoms with Crippen molar-refractivity contribution in [3.63, 3.8) is 0 Å². The molecule has 0 radical (unpaired) electrons. The first-order valence-electron chi connectivity index (χ1n) is 5.75. The maximum absolute atomic E-state index is 12.1.